The van der Waals surface area contributed by atoms with E-state index in [4.69, 9.17) is 9.84 Å². The van der Waals surface area contributed by atoms with E-state index in [1.165, 1.54) is 0 Å². The van der Waals surface area contributed by atoms with E-state index in [-0.39, 0.29) is 25.6 Å². The van der Waals surface area contributed by atoms with Gasteiger partial charge in [-0.05, 0) is 36.1 Å². The first kappa shape index (κ1) is 24.6. The molecule has 0 radical (unpaired) electrons. The Morgan fingerprint density at radius 2 is 1.66 bits per heavy atom. The summed E-state index contributed by atoms with van der Waals surface area (Å²) in [7, 11) is 0. The molecule has 1 unspecified atom stereocenters. The SMILES string of the molecule is CC(C)(CNC(=O)OCC1c2ccccc2-c2ccccc21)C(=O)N1CCC(F)(F)C(C(=O)O)C1. The summed E-state index contributed by atoms with van der Waals surface area (Å²) in [6.07, 6.45) is -1.41. The number of carboxylic acids is 1. The summed E-state index contributed by atoms with van der Waals surface area (Å²) in [6, 6.07) is 15.9. The molecule has 1 saturated heterocycles. The molecule has 1 aliphatic carbocycles. The van der Waals surface area contributed by atoms with E-state index >= 15 is 0 Å². The van der Waals surface area contributed by atoms with Gasteiger partial charge in [0.2, 0.25) is 5.91 Å². The van der Waals surface area contributed by atoms with Gasteiger partial charge in [0.05, 0.1) is 5.41 Å². The highest BCUT2D eigenvalue weighted by atomic mass is 19.3. The predicted molar refractivity (Wildman–Crippen MR) is 124 cm³/mol. The van der Waals surface area contributed by atoms with Gasteiger partial charge in [0.1, 0.15) is 12.5 Å². The summed E-state index contributed by atoms with van der Waals surface area (Å²) >= 11 is 0. The number of piperidine rings is 1. The fourth-order valence-corrected chi connectivity index (χ4v) is 4.79. The summed E-state index contributed by atoms with van der Waals surface area (Å²) in [5, 5.41) is 11.7. The van der Waals surface area contributed by atoms with E-state index in [0.29, 0.717) is 0 Å². The topological polar surface area (TPSA) is 95.9 Å². The molecule has 186 valence electrons. The molecule has 7 nitrogen and oxygen atoms in total. The number of nitrogens with zero attached hydrogens (tertiary/aromatic N) is 1. The van der Waals surface area contributed by atoms with Crippen molar-refractivity contribution in [1.82, 2.24) is 10.2 Å². The van der Waals surface area contributed by atoms with Crippen LogP contribution in [0.2, 0.25) is 0 Å². The van der Waals surface area contributed by atoms with Crippen LogP contribution in [0.5, 0.6) is 0 Å². The van der Waals surface area contributed by atoms with Crippen molar-refractivity contribution >= 4 is 18.0 Å². The molecule has 2 amide bonds. The van der Waals surface area contributed by atoms with E-state index < -0.39 is 48.2 Å². The second kappa shape index (κ2) is 9.28. The number of nitrogens with one attached hydrogen (secondary N) is 1. The monoisotopic (exact) mass is 486 g/mol. The van der Waals surface area contributed by atoms with Gasteiger partial charge in [-0.25, -0.2) is 13.6 Å². The van der Waals surface area contributed by atoms with Crippen molar-refractivity contribution in [3.8, 4) is 11.1 Å². The van der Waals surface area contributed by atoms with Crippen LogP contribution in [0.4, 0.5) is 13.6 Å². The molecule has 2 aromatic rings. The Labute approximate surface area is 202 Å². The number of benzene rings is 2. The molecule has 9 heteroatoms. The summed E-state index contributed by atoms with van der Waals surface area (Å²) in [5.74, 6) is -7.57. The molecule has 1 fully saturated rings. The second-order valence-electron chi connectivity index (χ2n) is 9.72. The maximum Gasteiger partial charge on any atom is 0.407 e. The van der Waals surface area contributed by atoms with Crippen LogP contribution in [-0.4, -0.2) is 60.1 Å². The molecule has 2 N–H and O–H groups in total. The number of amides is 2. The fraction of sp³-hybridized carbons (Fsp3) is 0.423. The van der Waals surface area contributed by atoms with Gasteiger partial charge in [0, 0.05) is 32.0 Å². The average molecular weight is 487 g/mol. The summed E-state index contributed by atoms with van der Waals surface area (Å²) in [5.41, 5.74) is 3.23. The van der Waals surface area contributed by atoms with Crippen molar-refractivity contribution in [1.29, 1.82) is 0 Å². The van der Waals surface area contributed by atoms with Crippen LogP contribution < -0.4 is 5.32 Å². The van der Waals surface area contributed by atoms with Crippen LogP contribution in [0.25, 0.3) is 11.1 Å². The standard InChI is InChI=1S/C26H28F2N2O5/c1-25(2,23(33)30-12-11-26(27,28)21(13-30)22(31)32)15-29-24(34)35-14-20-18-9-5-3-7-16(18)17-8-4-6-10-19(17)20/h3-10,20-21H,11-15H2,1-2H3,(H,29,34)(H,31,32). The molecule has 2 aromatic carbocycles. The van der Waals surface area contributed by atoms with Crippen LogP contribution in [0.15, 0.2) is 48.5 Å². The zero-order valence-electron chi connectivity index (χ0n) is 19.6. The molecular formula is C26H28F2N2O5. The highest BCUT2D eigenvalue weighted by molar-refractivity contribution is 5.84. The highest BCUT2D eigenvalue weighted by Gasteiger charge is 2.50. The van der Waals surface area contributed by atoms with Gasteiger partial charge in [-0.15, -0.1) is 0 Å². The van der Waals surface area contributed by atoms with Gasteiger partial charge in [0.25, 0.3) is 5.92 Å². The maximum atomic E-state index is 13.9. The van der Waals surface area contributed by atoms with Crippen molar-refractivity contribution in [2.75, 3.05) is 26.2 Å². The van der Waals surface area contributed by atoms with Crippen molar-refractivity contribution in [2.24, 2.45) is 11.3 Å². The molecular weight excluding hydrogens is 458 g/mol. The minimum atomic E-state index is -3.37. The molecule has 0 saturated carbocycles. The highest BCUT2D eigenvalue weighted by Crippen LogP contribution is 2.44. The molecule has 1 atom stereocenters. The predicted octanol–water partition coefficient (Wildman–Crippen LogP) is 4.12. The Morgan fingerprint density at radius 1 is 1.09 bits per heavy atom. The van der Waals surface area contributed by atoms with Gasteiger partial charge in [-0.2, -0.15) is 0 Å². The van der Waals surface area contributed by atoms with Crippen molar-refractivity contribution in [3.63, 3.8) is 0 Å². The smallest absolute Gasteiger partial charge is 0.407 e. The first-order chi connectivity index (χ1) is 16.5. The first-order valence-corrected chi connectivity index (χ1v) is 11.5. The number of alkyl carbamates (subject to hydrolysis) is 1. The van der Waals surface area contributed by atoms with Crippen LogP contribution in [0, 0.1) is 11.3 Å². The van der Waals surface area contributed by atoms with Crippen molar-refractivity contribution < 1.29 is 33.0 Å². The average Bonchev–Trinajstić information content (AvgIpc) is 3.14. The van der Waals surface area contributed by atoms with Gasteiger partial charge in [0.15, 0.2) is 0 Å². The number of rotatable bonds is 6. The molecule has 0 bridgehead atoms. The summed E-state index contributed by atoms with van der Waals surface area (Å²) < 4.78 is 33.3. The molecule has 0 aromatic heterocycles. The number of likely N-dealkylation sites (tertiary alicyclic amines) is 1. The Balaban J connectivity index is 1.34. The first-order valence-electron chi connectivity index (χ1n) is 11.5. The molecule has 1 heterocycles. The minimum absolute atomic E-state index is 0.0901. The Morgan fingerprint density at radius 3 is 2.23 bits per heavy atom. The Bertz CT molecular complexity index is 1100. The lowest BCUT2D eigenvalue weighted by atomic mass is 9.87. The van der Waals surface area contributed by atoms with Crippen molar-refractivity contribution in [3.05, 3.63) is 59.7 Å². The molecule has 4 rings (SSSR count). The number of carbonyl (C=O) groups is 3. The lowest BCUT2D eigenvalue weighted by molar-refractivity contribution is -0.171. The molecule has 1 aliphatic heterocycles. The molecule has 35 heavy (non-hydrogen) atoms. The number of ether oxygens (including phenoxy) is 1. The number of fused-ring (bicyclic) bond motifs is 3. The van der Waals surface area contributed by atoms with E-state index in [1.54, 1.807) is 13.8 Å². The minimum Gasteiger partial charge on any atom is -0.481 e. The second-order valence-corrected chi connectivity index (χ2v) is 9.72. The lowest BCUT2D eigenvalue weighted by Crippen LogP contribution is -2.56. The number of hydrogen-bond acceptors (Lipinski definition) is 4. The van der Waals surface area contributed by atoms with E-state index in [2.05, 4.69) is 5.32 Å². The van der Waals surface area contributed by atoms with Gasteiger partial charge >= 0.3 is 12.1 Å². The molecule has 2 aliphatic rings. The van der Waals surface area contributed by atoms with Gasteiger partial charge < -0.3 is 20.1 Å². The third kappa shape index (κ3) is 4.85. The fourth-order valence-electron chi connectivity index (χ4n) is 4.79. The lowest BCUT2D eigenvalue weighted by Gasteiger charge is -2.39. The van der Waals surface area contributed by atoms with Crippen LogP contribution in [-0.2, 0) is 14.3 Å². The maximum absolute atomic E-state index is 13.9. The normalized spacial score (nSPS) is 19.0. The quantitative estimate of drug-likeness (QED) is 0.641. The number of carbonyl (C=O) groups excluding carboxylic acids is 2. The zero-order chi connectivity index (χ0) is 25.4. The van der Waals surface area contributed by atoms with Crippen LogP contribution in [0.3, 0.4) is 0 Å². The Kier molecular flexibility index (Phi) is 6.53. The van der Waals surface area contributed by atoms with E-state index in [0.717, 1.165) is 27.2 Å². The van der Waals surface area contributed by atoms with Crippen LogP contribution >= 0.6 is 0 Å². The van der Waals surface area contributed by atoms with Gasteiger partial charge in [-0.1, -0.05) is 48.5 Å². The summed E-state index contributed by atoms with van der Waals surface area (Å²) in [6.45, 7) is 2.35. The zero-order valence-corrected chi connectivity index (χ0v) is 19.6. The third-order valence-electron chi connectivity index (χ3n) is 6.81. The van der Waals surface area contributed by atoms with E-state index in [9.17, 15) is 23.2 Å². The largest absolute Gasteiger partial charge is 0.481 e. The van der Waals surface area contributed by atoms with Crippen LogP contribution in [0.1, 0.15) is 37.3 Å². The molecule has 0 spiro atoms. The number of hydrogen-bond donors (Lipinski definition) is 2. The number of aliphatic carboxylic acids is 1. The van der Waals surface area contributed by atoms with E-state index in [1.807, 2.05) is 48.5 Å². The van der Waals surface area contributed by atoms with Gasteiger partial charge in [-0.3, -0.25) is 9.59 Å². The number of alkyl halides is 2. The Hall–Kier alpha value is -3.49. The number of halogens is 2. The summed E-state index contributed by atoms with van der Waals surface area (Å²) in [4.78, 5) is 37.8. The number of carboxylic acid groups (broad SMARTS) is 1. The van der Waals surface area contributed by atoms with Crippen molar-refractivity contribution in [2.45, 2.75) is 32.1 Å². The third-order valence-corrected chi connectivity index (χ3v) is 6.81.